The second kappa shape index (κ2) is 3.65. The summed E-state index contributed by atoms with van der Waals surface area (Å²) in [6.07, 6.45) is 5.19. The summed E-state index contributed by atoms with van der Waals surface area (Å²) in [6.45, 7) is 2.13. The van der Waals surface area contributed by atoms with Crippen molar-refractivity contribution in [2.24, 2.45) is 5.73 Å². The van der Waals surface area contributed by atoms with Crippen molar-refractivity contribution in [2.75, 3.05) is 0 Å². The van der Waals surface area contributed by atoms with Gasteiger partial charge in [-0.3, -0.25) is 4.98 Å². The van der Waals surface area contributed by atoms with E-state index in [0.717, 1.165) is 18.5 Å². The molecule has 0 amide bonds. The second-order valence-corrected chi connectivity index (χ2v) is 4.31. The van der Waals surface area contributed by atoms with E-state index in [4.69, 9.17) is 18.0 Å². The van der Waals surface area contributed by atoms with Gasteiger partial charge in [-0.15, -0.1) is 0 Å². The third kappa shape index (κ3) is 1.52. The minimum absolute atomic E-state index is 0.202. The van der Waals surface area contributed by atoms with Crippen LogP contribution in [0.2, 0.25) is 0 Å². The van der Waals surface area contributed by atoms with Crippen LogP contribution in [0.25, 0.3) is 0 Å². The lowest BCUT2D eigenvalue weighted by atomic mass is 9.85. The first-order valence-corrected chi connectivity index (χ1v) is 5.34. The maximum Gasteiger partial charge on any atom is 0.0819 e. The molecule has 3 heteroatoms. The van der Waals surface area contributed by atoms with E-state index in [1.807, 2.05) is 6.20 Å². The van der Waals surface area contributed by atoms with Crippen molar-refractivity contribution in [3.63, 3.8) is 0 Å². The van der Waals surface area contributed by atoms with Crippen LogP contribution in [0.3, 0.4) is 0 Å². The molecule has 0 fully saturated rings. The van der Waals surface area contributed by atoms with Gasteiger partial charge in [0.15, 0.2) is 0 Å². The number of hydrogen-bond acceptors (Lipinski definition) is 2. The van der Waals surface area contributed by atoms with E-state index in [1.54, 1.807) is 0 Å². The Kier molecular flexibility index (Phi) is 2.50. The minimum atomic E-state index is 0.202. The Bertz CT molecular complexity index is 374. The smallest absolute Gasteiger partial charge is 0.0819 e. The van der Waals surface area contributed by atoms with E-state index in [1.165, 1.54) is 17.5 Å². The zero-order valence-electron chi connectivity index (χ0n) is 8.29. The van der Waals surface area contributed by atoms with Crippen LogP contribution in [0.15, 0.2) is 12.3 Å². The van der Waals surface area contributed by atoms with Gasteiger partial charge in [0.1, 0.15) is 0 Å². The van der Waals surface area contributed by atoms with E-state index < -0.39 is 0 Å². The van der Waals surface area contributed by atoms with Crippen LogP contribution >= 0.6 is 12.2 Å². The van der Waals surface area contributed by atoms with Crippen molar-refractivity contribution in [1.29, 1.82) is 0 Å². The Morgan fingerprint density at radius 2 is 2.43 bits per heavy atom. The quantitative estimate of drug-likeness (QED) is 0.715. The summed E-state index contributed by atoms with van der Waals surface area (Å²) >= 11 is 5.07. The van der Waals surface area contributed by atoms with E-state index in [9.17, 15) is 0 Å². The molecule has 0 spiro atoms. The number of nitrogens with zero attached hydrogens (tertiary/aromatic N) is 1. The van der Waals surface area contributed by atoms with Gasteiger partial charge in [-0.05, 0) is 43.4 Å². The average Bonchev–Trinajstić information content (AvgIpc) is 2.17. The molecule has 0 unspecified atom stereocenters. The van der Waals surface area contributed by atoms with E-state index in [0.29, 0.717) is 4.99 Å². The van der Waals surface area contributed by atoms with Gasteiger partial charge in [0.2, 0.25) is 0 Å². The number of aryl methyl sites for hydroxylation is 1. The van der Waals surface area contributed by atoms with Crippen LogP contribution in [0.5, 0.6) is 0 Å². The van der Waals surface area contributed by atoms with Crippen LogP contribution in [-0.4, -0.2) is 9.97 Å². The third-order valence-corrected chi connectivity index (χ3v) is 3.20. The van der Waals surface area contributed by atoms with Crippen molar-refractivity contribution in [1.82, 2.24) is 4.98 Å². The molecule has 74 valence electrons. The lowest BCUT2D eigenvalue weighted by Gasteiger charge is -2.24. The molecule has 1 aromatic rings. The normalized spacial score (nSPS) is 20.2. The molecule has 0 aromatic carbocycles. The van der Waals surface area contributed by atoms with Crippen LogP contribution in [0, 0.1) is 6.92 Å². The Hall–Kier alpha value is -0.960. The van der Waals surface area contributed by atoms with E-state index >= 15 is 0 Å². The molecule has 0 saturated heterocycles. The molecular formula is C11H14N2S. The molecular weight excluding hydrogens is 192 g/mol. The van der Waals surface area contributed by atoms with Crippen molar-refractivity contribution < 1.29 is 0 Å². The van der Waals surface area contributed by atoms with Crippen molar-refractivity contribution in [3.8, 4) is 0 Å². The molecule has 2 nitrogen and oxygen atoms in total. The molecule has 1 aliphatic rings. The highest BCUT2D eigenvalue weighted by Gasteiger charge is 2.24. The zero-order chi connectivity index (χ0) is 10.1. The molecule has 1 aliphatic carbocycles. The van der Waals surface area contributed by atoms with Crippen LogP contribution < -0.4 is 5.73 Å². The average molecular weight is 206 g/mol. The standard InChI is InChI=1S/C11H14N2S/c1-7-5-6-13-10-8(7)3-2-4-9(10)11(12)14/h5-6,9H,2-4H2,1H3,(H2,12,14)/t9-/m1/s1. The number of thiocarbonyl (C=S) groups is 1. The van der Waals surface area contributed by atoms with Crippen LogP contribution in [-0.2, 0) is 6.42 Å². The number of pyridine rings is 1. The number of hydrogen-bond donors (Lipinski definition) is 1. The molecule has 0 bridgehead atoms. The van der Waals surface area contributed by atoms with Gasteiger partial charge < -0.3 is 5.73 Å². The first kappa shape index (κ1) is 9.59. The van der Waals surface area contributed by atoms with Crippen molar-refractivity contribution in [2.45, 2.75) is 32.1 Å². The third-order valence-electron chi connectivity index (χ3n) is 2.92. The van der Waals surface area contributed by atoms with Gasteiger partial charge in [-0.2, -0.15) is 0 Å². The Labute approximate surface area is 89.5 Å². The van der Waals surface area contributed by atoms with Gasteiger partial charge in [0.05, 0.1) is 16.6 Å². The maximum absolute atomic E-state index is 5.72. The fourth-order valence-electron chi connectivity index (χ4n) is 2.13. The molecule has 14 heavy (non-hydrogen) atoms. The summed E-state index contributed by atoms with van der Waals surface area (Å²) in [7, 11) is 0. The predicted octanol–water partition coefficient (Wildman–Crippen LogP) is 2.10. The summed E-state index contributed by atoms with van der Waals surface area (Å²) in [6, 6.07) is 2.06. The summed E-state index contributed by atoms with van der Waals surface area (Å²) < 4.78 is 0. The van der Waals surface area contributed by atoms with Crippen LogP contribution in [0.1, 0.15) is 35.6 Å². The zero-order valence-corrected chi connectivity index (χ0v) is 9.10. The summed E-state index contributed by atoms with van der Waals surface area (Å²) in [4.78, 5) is 5.00. The molecule has 2 rings (SSSR count). The maximum atomic E-state index is 5.72. The fourth-order valence-corrected chi connectivity index (χ4v) is 2.36. The molecule has 2 N–H and O–H groups in total. The molecule has 0 aliphatic heterocycles. The Morgan fingerprint density at radius 3 is 3.14 bits per heavy atom. The Balaban J connectivity index is 2.49. The summed E-state index contributed by atoms with van der Waals surface area (Å²) in [5.74, 6) is 0.202. The molecule has 1 heterocycles. The predicted molar refractivity (Wildman–Crippen MR) is 61.4 cm³/mol. The number of fused-ring (bicyclic) bond motifs is 1. The molecule has 0 radical (unpaired) electrons. The van der Waals surface area contributed by atoms with Crippen molar-refractivity contribution in [3.05, 3.63) is 29.1 Å². The highest BCUT2D eigenvalue weighted by Crippen LogP contribution is 2.31. The van der Waals surface area contributed by atoms with E-state index in [2.05, 4.69) is 18.0 Å². The van der Waals surface area contributed by atoms with Gasteiger partial charge in [0, 0.05) is 6.20 Å². The topological polar surface area (TPSA) is 38.9 Å². The van der Waals surface area contributed by atoms with Crippen LogP contribution in [0.4, 0.5) is 0 Å². The summed E-state index contributed by atoms with van der Waals surface area (Å²) in [5, 5.41) is 0. The number of aromatic nitrogens is 1. The van der Waals surface area contributed by atoms with E-state index in [-0.39, 0.29) is 5.92 Å². The van der Waals surface area contributed by atoms with Gasteiger partial charge in [0.25, 0.3) is 0 Å². The highest BCUT2D eigenvalue weighted by atomic mass is 32.1. The van der Waals surface area contributed by atoms with Gasteiger partial charge >= 0.3 is 0 Å². The fraction of sp³-hybridized carbons (Fsp3) is 0.455. The lowest BCUT2D eigenvalue weighted by molar-refractivity contribution is 0.630. The van der Waals surface area contributed by atoms with Gasteiger partial charge in [-0.1, -0.05) is 12.2 Å². The number of rotatable bonds is 1. The largest absolute Gasteiger partial charge is 0.393 e. The minimum Gasteiger partial charge on any atom is -0.393 e. The Morgan fingerprint density at radius 1 is 1.64 bits per heavy atom. The first-order chi connectivity index (χ1) is 6.70. The highest BCUT2D eigenvalue weighted by molar-refractivity contribution is 7.80. The lowest BCUT2D eigenvalue weighted by Crippen LogP contribution is -2.24. The van der Waals surface area contributed by atoms with Gasteiger partial charge in [-0.25, -0.2) is 0 Å². The molecule has 1 atom stereocenters. The first-order valence-electron chi connectivity index (χ1n) is 4.94. The molecule has 1 aromatic heterocycles. The molecule has 0 saturated carbocycles. The number of nitrogens with two attached hydrogens (primary N) is 1. The monoisotopic (exact) mass is 206 g/mol. The second-order valence-electron chi connectivity index (χ2n) is 3.84. The summed E-state index contributed by atoms with van der Waals surface area (Å²) in [5.41, 5.74) is 9.51. The van der Waals surface area contributed by atoms with Crippen molar-refractivity contribution >= 4 is 17.2 Å². The SMILES string of the molecule is Cc1ccnc2c1CCC[C@H]2C(N)=S.